The summed E-state index contributed by atoms with van der Waals surface area (Å²) in [7, 11) is -3.93. The third-order valence-electron chi connectivity index (χ3n) is 2.84. The van der Waals surface area contributed by atoms with Crippen LogP contribution in [0, 0.1) is 5.92 Å². The van der Waals surface area contributed by atoms with Gasteiger partial charge >= 0.3 is 6.18 Å². The van der Waals surface area contributed by atoms with Crippen LogP contribution in [0.4, 0.5) is 13.2 Å². The Kier molecular flexibility index (Phi) is 5.71. The van der Waals surface area contributed by atoms with Crippen molar-refractivity contribution in [3.8, 4) is 0 Å². The van der Waals surface area contributed by atoms with Crippen LogP contribution in [0.15, 0.2) is 23.2 Å². The quantitative estimate of drug-likeness (QED) is 0.835. The van der Waals surface area contributed by atoms with E-state index in [2.05, 4.69) is 9.71 Å². The maximum absolute atomic E-state index is 12.3. The molecule has 0 spiro atoms. The lowest BCUT2D eigenvalue weighted by Crippen LogP contribution is -2.29. The van der Waals surface area contributed by atoms with Gasteiger partial charge in [0.2, 0.25) is 10.0 Å². The molecule has 1 unspecified atom stereocenters. The molecule has 0 aliphatic rings. The van der Waals surface area contributed by atoms with E-state index in [1.807, 2.05) is 0 Å². The Labute approximate surface area is 121 Å². The summed E-state index contributed by atoms with van der Waals surface area (Å²) in [4.78, 5) is 2.74. The van der Waals surface area contributed by atoms with Gasteiger partial charge in [0.15, 0.2) is 0 Å². The van der Waals surface area contributed by atoms with Gasteiger partial charge in [0, 0.05) is 12.7 Å². The number of nitrogens with zero attached hydrogens (tertiary/aromatic N) is 1. The lowest BCUT2D eigenvalue weighted by Gasteiger charge is -2.14. The topological polar surface area (TPSA) is 79.3 Å². The lowest BCUT2D eigenvalue weighted by atomic mass is 10.1. The Morgan fingerprint density at radius 3 is 2.38 bits per heavy atom. The third kappa shape index (κ3) is 5.25. The van der Waals surface area contributed by atoms with Crippen molar-refractivity contribution < 1.29 is 26.7 Å². The summed E-state index contributed by atoms with van der Waals surface area (Å²) in [6.07, 6.45) is -4.40. The summed E-state index contributed by atoms with van der Waals surface area (Å²) >= 11 is 0. The van der Waals surface area contributed by atoms with E-state index in [1.54, 1.807) is 13.8 Å². The minimum absolute atomic E-state index is 0.0112. The van der Waals surface area contributed by atoms with Crippen molar-refractivity contribution in [2.75, 3.05) is 6.54 Å². The van der Waals surface area contributed by atoms with Gasteiger partial charge in [0.1, 0.15) is 10.6 Å². The molecule has 0 saturated carbocycles. The van der Waals surface area contributed by atoms with Crippen LogP contribution in [0.2, 0.25) is 0 Å². The molecule has 0 aromatic carbocycles. The number of halogens is 3. The zero-order valence-electron chi connectivity index (χ0n) is 11.6. The third-order valence-corrected chi connectivity index (χ3v) is 4.29. The van der Waals surface area contributed by atoms with Crippen LogP contribution < -0.4 is 4.72 Å². The minimum atomic E-state index is -4.61. The molecule has 0 amide bonds. The molecule has 1 aromatic heterocycles. The molecule has 0 bridgehead atoms. The van der Waals surface area contributed by atoms with Crippen molar-refractivity contribution in [1.29, 1.82) is 0 Å². The first kappa shape index (κ1) is 17.9. The summed E-state index contributed by atoms with van der Waals surface area (Å²) in [5.74, 6) is -0.0118. The average Bonchev–Trinajstić information content (AvgIpc) is 2.37. The number of sulfonamides is 1. The minimum Gasteiger partial charge on any atom is -0.393 e. The van der Waals surface area contributed by atoms with Gasteiger partial charge in [-0.3, -0.25) is 4.98 Å². The summed E-state index contributed by atoms with van der Waals surface area (Å²) < 4.78 is 62.9. The SMILES string of the molecule is CC(C)C(O)CCNS(=O)(=O)c1ccc(C(F)(F)F)nc1. The van der Waals surface area contributed by atoms with Crippen molar-refractivity contribution in [2.45, 2.75) is 37.4 Å². The Bertz CT molecular complexity index is 556. The second-order valence-electron chi connectivity index (χ2n) is 4.87. The van der Waals surface area contributed by atoms with Crippen molar-refractivity contribution in [2.24, 2.45) is 5.92 Å². The summed E-state index contributed by atoms with van der Waals surface area (Å²) in [5, 5.41) is 9.55. The van der Waals surface area contributed by atoms with Gasteiger partial charge < -0.3 is 5.11 Å². The fraction of sp³-hybridized carbons (Fsp3) is 0.583. The van der Waals surface area contributed by atoms with E-state index in [4.69, 9.17) is 0 Å². The molecule has 1 aromatic rings. The molecule has 0 aliphatic carbocycles. The molecule has 0 aliphatic heterocycles. The zero-order valence-corrected chi connectivity index (χ0v) is 12.4. The molecule has 1 rings (SSSR count). The van der Waals surface area contributed by atoms with Gasteiger partial charge in [-0.05, 0) is 24.5 Å². The predicted molar refractivity (Wildman–Crippen MR) is 69.9 cm³/mol. The molecule has 0 saturated heterocycles. The summed E-state index contributed by atoms with van der Waals surface area (Å²) in [6.45, 7) is 3.57. The van der Waals surface area contributed by atoms with E-state index in [-0.39, 0.29) is 23.8 Å². The van der Waals surface area contributed by atoms with Crippen LogP contribution >= 0.6 is 0 Å². The van der Waals surface area contributed by atoms with Crippen molar-refractivity contribution in [1.82, 2.24) is 9.71 Å². The van der Waals surface area contributed by atoms with E-state index in [1.165, 1.54) is 0 Å². The maximum atomic E-state index is 12.3. The van der Waals surface area contributed by atoms with Crippen molar-refractivity contribution >= 4 is 10.0 Å². The number of nitrogens with one attached hydrogen (secondary N) is 1. The van der Waals surface area contributed by atoms with Crippen molar-refractivity contribution in [3.05, 3.63) is 24.0 Å². The van der Waals surface area contributed by atoms with E-state index < -0.39 is 28.0 Å². The highest BCUT2D eigenvalue weighted by Crippen LogP contribution is 2.27. The molecule has 0 fully saturated rings. The average molecular weight is 326 g/mol. The second kappa shape index (κ2) is 6.71. The Balaban J connectivity index is 2.71. The number of aromatic nitrogens is 1. The smallest absolute Gasteiger partial charge is 0.393 e. The van der Waals surface area contributed by atoms with Gasteiger partial charge in [0.05, 0.1) is 6.10 Å². The van der Waals surface area contributed by atoms with Crippen LogP contribution in [0.3, 0.4) is 0 Å². The van der Waals surface area contributed by atoms with Crippen LogP contribution in [0.1, 0.15) is 26.0 Å². The maximum Gasteiger partial charge on any atom is 0.433 e. The van der Waals surface area contributed by atoms with Crippen molar-refractivity contribution in [3.63, 3.8) is 0 Å². The van der Waals surface area contributed by atoms with E-state index in [0.717, 1.165) is 6.07 Å². The van der Waals surface area contributed by atoms with Gasteiger partial charge in [-0.2, -0.15) is 13.2 Å². The normalized spacial score (nSPS) is 14.4. The van der Waals surface area contributed by atoms with Crippen LogP contribution in [-0.4, -0.2) is 31.2 Å². The van der Waals surface area contributed by atoms with Gasteiger partial charge in [-0.25, -0.2) is 13.1 Å². The number of pyridine rings is 1. The first-order chi connectivity index (χ1) is 9.54. The first-order valence-corrected chi connectivity index (χ1v) is 7.73. The van der Waals surface area contributed by atoms with Gasteiger partial charge in [0.25, 0.3) is 0 Å². The number of aliphatic hydroxyl groups excluding tert-OH is 1. The number of alkyl halides is 3. The zero-order chi connectivity index (χ0) is 16.3. The number of hydrogen-bond donors (Lipinski definition) is 2. The summed E-state index contributed by atoms with van der Waals surface area (Å²) in [6, 6.07) is 1.45. The van der Waals surface area contributed by atoms with E-state index >= 15 is 0 Å². The van der Waals surface area contributed by atoms with Gasteiger partial charge in [-0.1, -0.05) is 13.8 Å². The number of aliphatic hydroxyl groups is 1. The predicted octanol–water partition coefficient (Wildman–Crippen LogP) is 1.79. The van der Waals surface area contributed by atoms with Gasteiger partial charge in [-0.15, -0.1) is 0 Å². The fourth-order valence-corrected chi connectivity index (χ4v) is 2.46. The Morgan fingerprint density at radius 1 is 1.33 bits per heavy atom. The highest BCUT2D eigenvalue weighted by atomic mass is 32.2. The van der Waals surface area contributed by atoms with Crippen LogP contribution in [0.5, 0.6) is 0 Å². The molecular formula is C12H17F3N2O3S. The molecule has 0 radical (unpaired) electrons. The molecule has 2 N–H and O–H groups in total. The molecule has 9 heteroatoms. The molecular weight excluding hydrogens is 309 g/mol. The Hall–Kier alpha value is -1.19. The largest absolute Gasteiger partial charge is 0.433 e. The molecule has 5 nitrogen and oxygen atoms in total. The standard InChI is InChI=1S/C12H17F3N2O3S/c1-8(2)10(18)5-6-17-21(19,20)9-3-4-11(16-7-9)12(13,14)15/h3-4,7-8,10,17-18H,5-6H2,1-2H3. The number of hydrogen-bond acceptors (Lipinski definition) is 4. The van der Waals surface area contributed by atoms with E-state index in [0.29, 0.717) is 12.3 Å². The molecule has 1 heterocycles. The van der Waals surface area contributed by atoms with Crippen LogP contribution in [-0.2, 0) is 16.2 Å². The number of rotatable bonds is 6. The fourth-order valence-electron chi connectivity index (χ4n) is 1.46. The molecule has 1 atom stereocenters. The van der Waals surface area contributed by atoms with E-state index in [9.17, 15) is 26.7 Å². The second-order valence-corrected chi connectivity index (χ2v) is 6.64. The highest BCUT2D eigenvalue weighted by Gasteiger charge is 2.32. The lowest BCUT2D eigenvalue weighted by molar-refractivity contribution is -0.141. The Morgan fingerprint density at radius 2 is 1.95 bits per heavy atom. The first-order valence-electron chi connectivity index (χ1n) is 6.25. The highest BCUT2D eigenvalue weighted by molar-refractivity contribution is 7.89. The van der Waals surface area contributed by atoms with Crippen LogP contribution in [0.25, 0.3) is 0 Å². The monoisotopic (exact) mass is 326 g/mol. The summed E-state index contributed by atoms with van der Waals surface area (Å²) in [5.41, 5.74) is -1.16. The molecule has 120 valence electrons. The molecule has 21 heavy (non-hydrogen) atoms.